The summed E-state index contributed by atoms with van der Waals surface area (Å²) >= 11 is 6.01. The molecule has 0 spiro atoms. The van der Waals surface area contributed by atoms with Crippen LogP contribution in [0.2, 0.25) is 5.02 Å². The van der Waals surface area contributed by atoms with Crippen LogP contribution in [0.3, 0.4) is 0 Å². The molecule has 0 saturated heterocycles. The highest BCUT2D eigenvalue weighted by atomic mass is 35.5. The number of rotatable bonds is 5. The monoisotopic (exact) mass is 447 g/mol. The average molecular weight is 448 g/mol. The van der Waals surface area contributed by atoms with E-state index in [1.807, 2.05) is 43.3 Å². The number of aliphatic hydroxyl groups is 1. The Morgan fingerprint density at radius 2 is 1.62 bits per heavy atom. The van der Waals surface area contributed by atoms with Gasteiger partial charge in [0.25, 0.3) is 5.91 Å². The molecule has 0 radical (unpaired) electrons. The molecule has 1 aliphatic heterocycles. The van der Waals surface area contributed by atoms with Crippen LogP contribution in [0.4, 0.5) is 0 Å². The smallest absolute Gasteiger partial charge is 0.337 e. The SMILES string of the molecule is COC(=O)c1ccc([C@@H]2C(c3ccc(C)cc3)=C(O)C(=O)N2Cc2ccc(Cl)cc2)cc1. The number of esters is 1. The van der Waals surface area contributed by atoms with Gasteiger partial charge in [0.1, 0.15) is 0 Å². The van der Waals surface area contributed by atoms with Gasteiger partial charge in [0, 0.05) is 17.1 Å². The molecule has 1 aliphatic rings. The summed E-state index contributed by atoms with van der Waals surface area (Å²) in [5.74, 6) is -1.16. The van der Waals surface area contributed by atoms with Gasteiger partial charge in [0.2, 0.25) is 0 Å². The van der Waals surface area contributed by atoms with Crippen LogP contribution in [0.1, 0.15) is 38.7 Å². The number of aryl methyl sites for hydroxylation is 1. The molecule has 1 amide bonds. The second kappa shape index (κ2) is 8.89. The van der Waals surface area contributed by atoms with Crippen LogP contribution in [0, 0.1) is 6.92 Å². The number of carbonyl (C=O) groups excluding carboxylic acids is 2. The molecule has 0 saturated carbocycles. The molecule has 1 atom stereocenters. The third-order valence-electron chi connectivity index (χ3n) is 5.58. The summed E-state index contributed by atoms with van der Waals surface area (Å²) in [4.78, 5) is 26.6. The second-order valence-electron chi connectivity index (χ2n) is 7.70. The van der Waals surface area contributed by atoms with Crippen molar-refractivity contribution in [1.29, 1.82) is 0 Å². The van der Waals surface area contributed by atoms with Crippen molar-refractivity contribution in [3.05, 3.63) is 111 Å². The molecule has 0 unspecified atom stereocenters. The summed E-state index contributed by atoms with van der Waals surface area (Å²) in [6.45, 7) is 2.27. The Morgan fingerprint density at radius 3 is 2.22 bits per heavy atom. The Labute approximate surface area is 191 Å². The van der Waals surface area contributed by atoms with Crippen molar-refractivity contribution in [2.75, 3.05) is 7.11 Å². The zero-order valence-corrected chi connectivity index (χ0v) is 18.5. The van der Waals surface area contributed by atoms with E-state index < -0.39 is 17.9 Å². The summed E-state index contributed by atoms with van der Waals surface area (Å²) in [7, 11) is 1.33. The summed E-state index contributed by atoms with van der Waals surface area (Å²) in [5, 5.41) is 11.5. The molecule has 32 heavy (non-hydrogen) atoms. The van der Waals surface area contributed by atoms with E-state index in [0.717, 1.165) is 22.3 Å². The molecular formula is C26H22ClNO4. The van der Waals surface area contributed by atoms with Gasteiger partial charge in [0.05, 0.1) is 18.7 Å². The lowest BCUT2D eigenvalue weighted by Gasteiger charge is -2.27. The molecule has 162 valence electrons. The van der Waals surface area contributed by atoms with Crippen molar-refractivity contribution in [2.45, 2.75) is 19.5 Å². The number of aliphatic hydroxyl groups excluding tert-OH is 1. The van der Waals surface area contributed by atoms with Crippen molar-refractivity contribution in [2.24, 2.45) is 0 Å². The van der Waals surface area contributed by atoms with E-state index >= 15 is 0 Å². The predicted octanol–water partition coefficient (Wildman–Crippen LogP) is 5.49. The van der Waals surface area contributed by atoms with Gasteiger partial charge >= 0.3 is 5.97 Å². The van der Waals surface area contributed by atoms with Crippen molar-refractivity contribution >= 4 is 29.1 Å². The fraction of sp³-hybridized carbons (Fsp3) is 0.154. The van der Waals surface area contributed by atoms with E-state index in [9.17, 15) is 14.7 Å². The molecule has 0 aliphatic carbocycles. The highest BCUT2D eigenvalue weighted by Gasteiger charge is 2.41. The quantitative estimate of drug-likeness (QED) is 0.525. The molecule has 0 bridgehead atoms. The van der Waals surface area contributed by atoms with Crippen molar-refractivity contribution < 1.29 is 19.4 Å². The number of methoxy groups -OCH3 is 1. The fourth-order valence-corrected chi connectivity index (χ4v) is 4.02. The number of amides is 1. The van der Waals surface area contributed by atoms with Crippen LogP contribution in [-0.4, -0.2) is 29.0 Å². The molecule has 1 N–H and O–H groups in total. The minimum absolute atomic E-state index is 0.273. The molecule has 4 rings (SSSR count). The zero-order valence-electron chi connectivity index (χ0n) is 17.7. The highest BCUT2D eigenvalue weighted by molar-refractivity contribution is 6.30. The Kier molecular flexibility index (Phi) is 6.01. The van der Waals surface area contributed by atoms with E-state index in [2.05, 4.69) is 0 Å². The van der Waals surface area contributed by atoms with Gasteiger partial charge in [-0.25, -0.2) is 4.79 Å². The fourth-order valence-electron chi connectivity index (χ4n) is 3.90. The number of halogens is 1. The Morgan fingerprint density at radius 1 is 1.00 bits per heavy atom. The van der Waals surface area contributed by atoms with Gasteiger partial charge in [-0.2, -0.15) is 0 Å². The number of benzene rings is 3. The second-order valence-corrected chi connectivity index (χ2v) is 8.14. The summed E-state index contributed by atoms with van der Waals surface area (Å²) in [5.41, 5.74) is 4.46. The zero-order chi connectivity index (χ0) is 22.8. The summed E-state index contributed by atoms with van der Waals surface area (Å²) in [6, 6.07) is 21.3. The molecule has 6 heteroatoms. The number of carbonyl (C=O) groups is 2. The van der Waals surface area contributed by atoms with Gasteiger partial charge in [-0.05, 0) is 47.9 Å². The van der Waals surface area contributed by atoms with Gasteiger partial charge in [0.15, 0.2) is 5.76 Å². The Hall–Kier alpha value is -3.57. The first kappa shape index (κ1) is 21.7. The van der Waals surface area contributed by atoms with Gasteiger partial charge in [-0.1, -0.05) is 65.7 Å². The van der Waals surface area contributed by atoms with Gasteiger partial charge in [-0.15, -0.1) is 0 Å². The predicted molar refractivity (Wildman–Crippen MR) is 123 cm³/mol. The molecular weight excluding hydrogens is 426 g/mol. The first-order valence-electron chi connectivity index (χ1n) is 10.1. The molecule has 0 aromatic heterocycles. The topological polar surface area (TPSA) is 66.8 Å². The van der Waals surface area contributed by atoms with E-state index in [-0.39, 0.29) is 5.76 Å². The number of hydrogen-bond donors (Lipinski definition) is 1. The first-order chi connectivity index (χ1) is 15.4. The lowest BCUT2D eigenvalue weighted by molar-refractivity contribution is -0.130. The molecule has 5 nitrogen and oxygen atoms in total. The average Bonchev–Trinajstić information content (AvgIpc) is 3.05. The highest BCUT2D eigenvalue weighted by Crippen LogP contribution is 2.43. The standard InChI is InChI=1S/C26H22ClNO4/c1-16-3-7-18(8-4-16)22-23(19-9-11-20(12-10-19)26(31)32-2)28(25(30)24(22)29)15-17-5-13-21(27)14-6-17/h3-14,23,29H,15H2,1-2H3/t23-/m1/s1. The maximum atomic E-state index is 13.2. The Bertz CT molecular complexity index is 1180. The molecule has 0 fully saturated rings. The maximum absolute atomic E-state index is 13.2. The molecule has 3 aromatic rings. The van der Waals surface area contributed by atoms with Crippen LogP contribution < -0.4 is 0 Å². The van der Waals surface area contributed by atoms with Crippen molar-refractivity contribution in [3.63, 3.8) is 0 Å². The third-order valence-corrected chi connectivity index (χ3v) is 5.83. The van der Waals surface area contributed by atoms with Crippen molar-refractivity contribution in [1.82, 2.24) is 4.90 Å². The molecule has 3 aromatic carbocycles. The van der Waals surface area contributed by atoms with Crippen LogP contribution in [0.25, 0.3) is 5.57 Å². The Balaban J connectivity index is 1.79. The van der Waals surface area contributed by atoms with Crippen LogP contribution in [0.15, 0.2) is 78.6 Å². The van der Waals surface area contributed by atoms with Gasteiger partial charge in [-0.3, -0.25) is 4.79 Å². The third kappa shape index (κ3) is 4.12. The molecule has 1 heterocycles. The minimum Gasteiger partial charge on any atom is -0.503 e. The lowest BCUT2D eigenvalue weighted by atomic mass is 9.92. The van der Waals surface area contributed by atoms with Crippen LogP contribution in [0.5, 0.6) is 0 Å². The summed E-state index contributed by atoms with van der Waals surface area (Å²) < 4.78 is 4.78. The van der Waals surface area contributed by atoms with E-state index in [4.69, 9.17) is 16.3 Å². The number of hydrogen-bond acceptors (Lipinski definition) is 4. The van der Waals surface area contributed by atoms with E-state index in [0.29, 0.717) is 22.7 Å². The first-order valence-corrected chi connectivity index (χ1v) is 10.5. The largest absolute Gasteiger partial charge is 0.503 e. The van der Waals surface area contributed by atoms with Crippen LogP contribution in [-0.2, 0) is 16.1 Å². The van der Waals surface area contributed by atoms with Crippen LogP contribution >= 0.6 is 11.6 Å². The normalized spacial score (nSPS) is 15.9. The van der Waals surface area contributed by atoms with Gasteiger partial charge < -0.3 is 14.7 Å². The van der Waals surface area contributed by atoms with Crippen molar-refractivity contribution in [3.8, 4) is 0 Å². The lowest BCUT2D eigenvalue weighted by Crippen LogP contribution is -2.29. The number of nitrogens with zero attached hydrogens (tertiary/aromatic N) is 1. The maximum Gasteiger partial charge on any atom is 0.337 e. The summed E-state index contributed by atoms with van der Waals surface area (Å²) in [6.07, 6.45) is 0. The minimum atomic E-state index is -0.521. The number of ether oxygens (including phenoxy) is 1. The van der Waals surface area contributed by atoms with E-state index in [1.165, 1.54) is 7.11 Å². The van der Waals surface area contributed by atoms with E-state index in [1.54, 1.807) is 41.3 Å².